The monoisotopic (exact) mass is 257 g/mol. The van der Waals surface area contributed by atoms with Crippen molar-refractivity contribution in [3.8, 4) is 0 Å². The third-order valence-corrected chi connectivity index (χ3v) is 3.64. The number of benzene rings is 1. The van der Waals surface area contributed by atoms with Crippen molar-refractivity contribution in [1.29, 1.82) is 0 Å². The number of aromatic nitrogens is 3. The van der Waals surface area contributed by atoms with E-state index in [9.17, 15) is 0 Å². The molecule has 0 unspecified atom stereocenters. The minimum Gasteiger partial charge on any atom is -0.399 e. The number of hydrogen-bond acceptors (Lipinski definition) is 4. The standard InChI is InChI=1S/C14H19N5/c15-13-5-3-12(4-6-13)2-1-7-18-8-9-19-11-16-17-14(19)10-18/h3-6,11H,1-2,7-10,15H2. The number of aryl methyl sites for hydroxylation is 1. The van der Waals surface area contributed by atoms with Crippen molar-refractivity contribution >= 4 is 5.69 Å². The van der Waals surface area contributed by atoms with Crippen molar-refractivity contribution in [1.82, 2.24) is 19.7 Å². The molecule has 1 aromatic heterocycles. The maximum Gasteiger partial charge on any atom is 0.147 e. The minimum absolute atomic E-state index is 0.833. The molecule has 100 valence electrons. The molecule has 2 aromatic rings. The Balaban J connectivity index is 1.47. The molecule has 0 aliphatic carbocycles. The molecule has 0 saturated heterocycles. The molecule has 0 fully saturated rings. The van der Waals surface area contributed by atoms with Gasteiger partial charge in [0.2, 0.25) is 0 Å². The number of nitrogens with zero attached hydrogens (tertiary/aromatic N) is 4. The molecule has 1 aliphatic heterocycles. The molecule has 0 bridgehead atoms. The highest BCUT2D eigenvalue weighted by Gasteiger charge is 2.16. The lowest BCUT2D eigenvalue weighted by Crippen LogP contribution is -2.34. The van der Waals surface area contributed by atoms with Crippen LogP contribution in [0.5, 0.6) is 0 Å². The van der Waals surface area contributed by atoms with Crippen molar-refractivity contribution in [2.75, 3.05) is 18.8 Å². The van der Waals surface area contributed by atoms with E-state index in [1.165, 1.54) is 5.56 Å². The van der Waals surface area contributed by atoms with Crippen LogP contribution in [0.2, 0.25) is 0 Å². The zero-order valence-corrected chi connectivity index (χ0v) is 11.0. The lowest BCUT2D eigenvalue weighted by atomic mass is 10.1. The van der Waals surface area contributed by atoms with Crippen LogP contribution in [0.1, 0.15) is 17.8 Å². The first-order chi connectivity index (χ1) is 9.31. The third-order valence-electron chi connectivity index (χ3n) is 3.64. The van der Waals surface area contributed by atoms with Crippen molar-refractivity contribution in [3.05, 3.63) is 42.0 Å². The molecule has 0 radical (unpaired) electrons. The van der Waals surface area contributed by atoms with Crippen molar-refractivity contribution in [2.24, 2.45) is 0 Å². The van der Waals surface area contributed by atoms with Gasteiger partial charge in [-0.05, 0) is 37.1 Å². The number of nitrogen functional groups attached to an aromatic ring is 1. The number of anilines is 1. The number of hydrogen-bond donors (Lipinski definition) is 1. The van der Waals surface area contributed by atoms with Gasteiger partial charge in [0.1, 0.15) is 12.2 Å². The van der Waals surface area contributed by atoms with Crippen LogP contribution in [0, 0.1) is 0 Å². The Morgan fingerprint density at radius 1 is 1.16 bits per heavy atom. The molecular formula is C14H19N5. The topological polar surface area (TPSA) is 60.0 Å². The summed E-state index contributed by atoms with van der Waals surface area (Å²) in [5.74, 6) is 1.08. The van der Waals surface area contributed by atoms with Crippen molar-refractivity contribution in [2.45, 2.75) is 25.9 Å². The van der Waals surface area contributed by atoms with Crippen LogP contribution in [-0.2, 0) is 19.5 Å². The molecule has 0 amide bonds. The number of rotatable bonds is 4. The molecule has 5 nitrogen and oxygen atoms in total. The molecule has 2 heterocycles. The Kier molecular flexibility index (Phi) is 3.46. The summed E-state index contributed by atoms with van der Waals surface area (Å²) in [6.07, 6.45) is 4.09. The van der Waals surface area contributed by atoms with Crippen LogP contribution in [0.25, 0.3) is 0 Å². The fourth-order valence-electron chi connectivity index (χ4n) is 2.50. The maximum absolute atomic E-state index is 5.68. The average Bonchev–Trinajstić information content (AvgIpc) is 2.88. The van der Waals surface area contributed by atoms with Crippen LogP contribution in [0.15, 0.2) is 30.6 Å². The average molecular weight is 257 g/mol. The molecule has 19 heavy (non-hydrogen) atoms. The summed E-state index contributed by atoms with van der Waals surface area (Å²) in [5, 5.41) is 8.09. The Bertz CT molecular complexity index is 531. The second-order valence-electron chi connectivity index (χ2n) is 5.06. The Labute approximate surface area is 113 Å². The van der Waals surface area contributed by atoms with Gasteiger partial charge in [-0.25, -0.2) is 0 Å². The highest BCUT2D eigenvalue weighted by Crippen LogP contribution is 2.11. The lowest BCUT2D eigenvalue weighted by Gasteiger charge is -2.26. The highest BCUT2D eigenvalue weighted by molar-refractivity contribution is 5.39. The van der Waals surface area contributed by atoms with Gasteiger partial charge in [-0.2, -0.15) is 0 Å². The first-order valence-electron chi connectivity index (χ1n) is 6.75. The quantitative estimate of drug-likeness (QED) is 0.839. The number of fused-ring (bicyclic) bond motifs is 1. The van der Waals surface area contributed by atoms with E-state index in [0.29, 0.717) is 0 Å². The summed E-state index contributed by atoms with van der Waals surface area (Å²) in [6.45, 7) is 4.12. The van der Waals surface area contributed by atoms with E-state index in [4.69, 9.17) is 5.73 Å². The molecule has 0 atom stereocenters. The van der Waals surface area contributed by atoms with Crippen LogP contribution in [0.4, 0.5) is 5.69 Å². The van der Waals surface area contributed by atoms with E-state index in [1.807, 2.05) is 18.5 Å². The van der Waals surface area contributed by atoms with Crippen LogP contribution < -0.4 is 5.73 Å². The fourth-order valence-corrected chi connectivity index (χ4v) is 2.50. The third kappa shape index (κ3) is 2.93. The number of nitrogens with two attached hydrogens (primary N) is 1. The van der Waals surface area contributed by atoms with Crippen molar-refractivity contribution in [3.63, 3.8) is 0 Å². The predicted octanol–water partition coefficient (Wildman–Crippen LogP) is 1.31. The van der Waals surface area contributed by atoms with E-state index in [0.717, 1.165) is 50.5 Å². The van der Waals surface area contributed by atoms with Gasteiger partial charge in [-0.3, -0.25) is 4.90 Å². The van der Waals surface area contributed by atoms with Gasteiger partial charge >= 0.3 is 0 Å². The molecule has 1 aromatic carbocycles. The van der Waals surface area contributed by atoms with Crippen LogP contribution >= 0.6 is 0 Å². The molecule has 2 N–H and O–H groups in total. The molecule has 1 aliphatic rings. The zero-order chi connectivity index (χ0) is 13.1. The first kappa shape index (κ1) is 12.2. The molecule has 3 rings (SSSR count). The normalized spacial score (nSPS) is 15.4. The summed E-state index contributed by atoms with van der Waals surface area (Å²) in [6, 6.07) is 8.17. The summed E-state index contributed by atoms with van der Waals surface area (Å²) >= 11 is 0. The van der Waals surface area contributed by atoms with E-state index in [-0.39, 0.29) is 0 Å². The second-order valence-corrected chi connectivity index (χ2v) is 5.06. The molecule has 5 heteroatoms. The van der Waals surface area contributed by atoms with Gasteiger partial charge < -0.3 is 10.3 Å². The second kappa shape index (κ2) is 5.40. The molecule has 0 spiro atoms. The Morgan fingerprint density at radius 2 is 2.00 bits per heavy atom. The van der Waals surface area contributed by atoms with Crippen molar-refractivity contribution < 1.29 is 0 Å². The van der Waals surface area contributed by atoms with Gasteiger partial charge in [0, 0.05) is 18.8 Å². The van der Waals surface area contributed by atoms with E-state index >= 15 is 0 Å². The van der Waals surface area contributed by atoms with Crippen LogP contribution in [-0.4, -0.2) is 32.8 Å². The zero-order valence-electron chi connectivity index (χ0n) is 11.0. The lowest BCUT2D eigenvalue weighted by molar-refractivity contribution is 0.215. The van der Waals surface area contributed by atoms with Crippen LogP contribution in [0.3, 0.4) is 0 Å². The first-order valence-corrected chi connectivity index (χ1v) is 6.75. The summed E-state index contributed by atoms with van der Waals surface area (Å²) in [4.78, 5) is 2.45. The maximum atomic E-state index is 5.68. The van der Waals surface area contributed by atoms with Gasteiger partial charge in [-0.15, -0.1) is 10.2 Å². The minimum atomic E-state index is 0.833. The Morgan fingerprint density at radius 3 is 2.84 bits per heavy atom. The fraction of sp³-hybridized carbons (Fsp3) is 0.429. The SMILES string of the molecule is Nc1ccc(CCCN2CCn3cnnc3C2)cc1. The van der Waals surface area contributed by atoms with E-state index < -0.39 is 0 Å². The highest BCUT2D eigenvalue weighted by atomic mass is 15.3. The smallest absolute Gasteiger partial charge is 0.147 e. The predicted molar refractivity (Wildman–Crippen MR) is 74.5 cm³/mol. The van der Waals surface area contributed by atoms with Gasteiger partial charge in [0.15, 0.2) is 0 Å². The van der Waals surface area contributed by atoms with Gasteiger partial charge in [0.05, 0.1) is 6.54 Å². The van der Waals surface area contributed by atoms with Gasteiger partial charge in [-0.1, -0.05) is 12.1 Å². The largest absolute Gasteiger partial charge is 0.399 e. The summed E-state index contributed by atoms with van der Waals surface area (Å²) in [5.41, 5.74) is 7.87. The van der Waals surface area contributed by atoms with E-state index in [1.54, 1.807) is 0 Å². The summed E-state index contributed by atoms with van der Waals surface area (Å²) < 4.78 is 2.14. The molecule has 0 saturated carbocycles. The Hall–Kier alpha value is -1.88. The molecular weight excluding hydrogens is 238 g/mol. The summed E-state index contributed by atoms with van der Waals surface area (Å²) in [7, 11) is 0. The van der Waals surface area contributed by atoms with Gasteiger partial charge in [0.25, 0.3) is 0 Å². The van der Waals surface area contributed by atoms with E-state index in [2.05, 4.69) is 31.8 Å².